The second-order valence-electron chi connectivity index (χ2n) is 7.61. The number of hydrogen-bond donors (Lipinski definition) is 0. The molecule has 0 unspecified atom stereocenters. The minimum Gasteiger partial charge on any atom is -0.466 e. The van der Waals surface area contributed by atoms with Crippen LogP contribution in [0.4, 0.5) is 0 Å². The number of ether oxygens (including phenoxy) is 2. The zero-order valence-electron chi connectivity index (χ0n) is 18.2. The third kappa shape index (κ3) is 5.22. The van der Waals surface area contributed by atoms with Gasteiger partial charge in [-0.2, -0.15) is 0 Å². The van der Waals surface area contributed by atoms with E-state index in [1.165, 1.54) is 25.0 Å². The summed E-state index contributed by atoms with van der Waals surface area (Å²) >= 11 is 0. The van der Waals surface area contributed by atoms with E-state index >= 15 is 0 Å². The maximum atomic E-state index is 12.8. The van der Waals surface area contributed by atoms with Gasteiger partial charge in [-0.1, -0.05) is 70.0 Å². The summed E-state index contributed by atoms with van der Waals surface area (Å²) in [6.07, 6.45) is 9.26. The lowest BCUT2D eigenvalue weighted by molar-refractivity contribution is -0.138. The van der Waals surface area contributed by atoms with Gasteiger partial charge in [-0.05, 0) is 31.3 Å². The standard InChI is InChI=1S/C22H36O4Si/c1-8-11-13-16(10-3)18-15-17(14-12-9-2)27(6,7)20(22(24)26-5)19(18)21(23)25-4/h15H,8-14H2,1-7H3/b18-16-. The molecule has 0 saturated heterocycles. The van der Waals surface area contributed by atoms with E-state index in [1.807, 2.05) is 0 Å². The molecule has 0 aliphatic carbocycles. The minimum absolute atomic E-state index is 0.391. The summed E-state index contributed by atoms with van der Waals surface area (Å²) in [6.45, 7) is 10.7. The highest BCUT2D eigenvalue weighted by atomic mass is 28.3. The summed E-state index contributed by atoms with van der Waals surface area (Å²) in [7, 11) is 0.455. The van der Waals surface area contributed by atoms with Crippen molar-refractivity contribution in [2.75, 3.05) is 14.2 Å². The molecule has 1 heterocycles. The maximum Gasteiger partial charge on any atom is 0.338 e. The van der Waals surface area contributed by atoms with Crippen LogP contribution in [0.1, 0.15) is 65.7 Å². The lowest BCUT2D eigenvalue weighted by Gasteiger charge is -2.34. The highest BCUT2D eigenvalue weighted by Gasteiger charge is 2.43. The Morgan fingerprint density at radius 3 is 2.04 bits per heavy atom. The molecule has 27 heavy (non-hydrogen) atoms. The van der Waals surface area contributed by atoms with Crippen molar-refractivity contribution in [3.05, 3.63) is 33.2 Å². The van der Waals surface area contributed by atoms with Crippen molar-refractivity contribution < 1.29 is 19.1 Å². The molecular formula is C22H36O4Si. The number of carbonyl (C=O) groups excluding carboxylic acids is 2. The number of esters is 2. The molecule has 0 N–H and O–H groups in total. The molecule has 1 aliphatic heterocycles. The third-order valence-electron chi connectivity index (χ3n) is 5.48. The summed E-state index contributed by atoms with van der Waals surface area (Å²) in [5, 5.41) is 1.87. The van der Waals surface area contributed by atoms with E-state index in [1.54, 1.807) is 0 Å². The predicted molar refractivity (Wildman–Crippen MR) is 113 cm³/mol. The number of allylic oxidation sites excluding steroid dienone is 3. The lowest BCUT2D eigenvalue weighted by Crippen LogP contribution is -2.42. The van der Waals surface area contributed by atoms with E-state index in [2.05, 4.69) is 39.9 Å². The molecule has 0 bridgehead atoms. The van der Waals surface area contributed by atoms with Crippen LogP contribution >= 0.6 is 0 Å². The van der Waals surface area contributed by atoms with Gasteiger partial charge in [0.25, 0.3) is 0 Å². The molecule has 0 aromatic rings. The van der Waals surface area contributed by atoms with Crippen molar-refractivity contribution in [2.45, 2.75) is 78.8 Å². The second-order valence-corrected chi connectivity index (χ2v) is 12.0. The Hall–Kier alpha value is -1.62. The number of unbranched alkanes of at least 4 members (excludes halogenated alkanes) is 2. The quantitative estimate of drug-likeness (QED) is 0.387. The van der Waals surface area contributed by atoms with E-state index in [0.717, 1.165) is 50.5 Å². The highest BCUT2D eigenvalue weighted by Crippen LogP contribution is 2.41. The van der Waals surface area contributed by atoms with Crippen molar-refractivity contribution >= 4 is 20.0 Å². The van der Waals surface area contributed by atoms with E-state index in [0.29, 0.717) is 10.8 Å². The number of methoxy groups -OCH3 is 2. The van der Waals surface area contributed by atoms with Crippen LogP contribution in [-0.2, 0) is 19.1 Å². The van der Waals surface area contributed by atoms with Gasteiger partial charge in [0, 0.05) is 5.20 Å². The molecule has 0 fully saturated rings. The van der Waals surface area contributed by atoms with Crippen LogP contribution in [0.5, 0.6) is 0 Å². The number of rotatable bonds is 9. The zero-order valence-corrected chi connectivity index (χ0v) is 19.2. The molecular weight excluding hydrogens is 356 g/mol. The monoisotopic (exact) mass is 392 g/mol. The normalized spacial score (nSPS) is 18.1. The molecule has 152 valence electrons. The maximum absolute atomic E-state index is 12.8. The van der Waals surface area contributed by atoms with Crippen molar-refractivity contribution in [1.29, 1.82) is 0 Å². The zero-order chi connectivity index (χ0) is 20.6. The summed E-state index contributed by atoms with van der Waals surface area (Å²) in [5.41, 5.74) is 2.56. The molecule has 0 aromatic heterocycles. The van der Waals surface area contributed by atoms with Crippen molar-refractivity contribution in [1.82, 2.24) is 0 Å². The predicted octanol–water partition coefficient (Wildman–Crippen LogP) is 5.44. The fraction of sp³-hybridized carbons (Fsp3) is 0.636. The van der Waals surface area contributed by atoms with E-state index in [4.69, 9.17) is 9.47 Å². The van der Waals surface area contributed by atoms with Gasteiger partial charge >= 0.3 is 11.9 Å². The van der Waals surface area contributed by atoms with Gasteiger partial charge < -0.3 is 9.47 Å². The van der Waals surface area contributed by atoms with E-state index in [-0.39, 0.29) is 0 Å². The average molecular weight is 393 g/mol. The Kier molecular flexibility index (Phi) is 9.23. The molecule has 1 rings (SSSR count). The fourth-order valence-electron chi connectivity index (χ4n) is 3.73. The van der Waals surface area contributed by atoms with E-state index in [9.17, 15) is 9.59 Å². The first-order chi connectivity index (χ1) is 12.8. The van der Waals surface area contributed by atoms with Crippen molar-refractivity contribution in [3.8, 4) is 0 Å². The Balaban J connectivity index is 3.80. The fourth-order valence-corrected chi connectivity index (χ4v) is 6.83. The molecule has 0 spiro atoms. The Morgan fingerprint density at radius 1 is 0.963 bits per heavy atom. The Morgan fingerprint density at radius 2 is 1.56 bits per heavy atom. The summed E-state index contributed by atoms with van der Waals surface area (Å²) in [4.78, 5) is 25.6. The molecule has 5 heteroatoms. The Bertz CT molecular complexity index is 653. The van der Waals surface area contributed by atoms with Gasteiger partial charge in [0.2, 0.25) is 0 Å². The van der Waals surface area contributed by atoms with Crippen LogP contribution in [-0.4, -0.2) is 34.2 Å². The van der Waals surface area contributed by atoms with Crippen LogP contribution in [0.2, 0.25) is 13.1 Å². The van der Waals surface area contributed by atoms with Crippen molar-refractivity contribution in [2.24, 2.45) is 0 Å². The molecule has 1 aliphatic rings. The summed E-state index contributed by atoms with van der Waals surface area (Å²) in [5.74, 6) is -0.822. The molecule has 0 saturated carbocycles. The topological polar surface area (TPSA) is 52.6 Å². The summed E-state index contributed by atoms with van der Waals surface area (Å²) in [6, 6.07) is 0. The van der Waals surface area contributed by atoms with Crippen LogP contribution in [0.3, 0.4) is 0 Å². The van der Waals surface area contributed by atoms with Gasteiger partial charge in [-0.15, -0.1) is 0 Å². The van der Waals surface area contributed by atoms with Gasteiger partial charge in [0.1, 0.15) is 8.07 Å². The SMILES string of the molecule is CCCCC1=C/C(=C(\CC)CCCC)C(C(=O)OC)=C(C(=O)OC)[Si]1(C)C. The molecule has 4 nitrogen and oxygen atoms in total. The lowest BCUT2D eigenvalue weighted by atomic mass is 9.92. The molecule has 0 atom stereocenters. The van der Waals surface area contributed by atoms with Gasteiger partial charge in [-0.25, -0.2) is 9.59 Å². The van der Waals surface area contributed by atoms with E-state index < -0.39 is 20.0 Å². The largest absolute Gasteiger partial charge is 0.466 e. The first kappa shape index (κ1) is 23.4. The first-order valence-corrected chi connectivity index (χ1v) is 13.1. The van der Waals surface area contributed by atoms with Crippen LogP contribution < -0.4 is 0 Å². The van der Waals surface area contributed by atoms with Crippen molar-refractivity contribution in [3.63, 3.8) is 0 Å². The van der Waals surface area contributed by atoms with Crippen LogP contribution in [0.15, 0.2) is 33.2 Å². The number of carbonyl (C=O) groups is 2. The van der Waals surface area contributed by atoms with Gasteiger partial charge in [0.05, 0.1) is 19.8 Å². The second kappa shape index (κ2) is 10.6. The minimum atomic E-state index is -2.31. The van der Waals surface area contributed by atoms with Crippen LogP contribution in [0.25, 0.3) is 0 Å². The molecule has 0 aromatic carbocycles. The first-order valence-electron chi connectivity index (χ1n) is 10.1. The highest BCUT2D eigenvalue weighted by molar-refractivity contribution is 6.94. The number of hydrogen-bond acceptors (Lipinski definition) is 4. The average Bonchev–Trinajstić information content (AvgIpc) is 2.66. The van der Waals surface area contributed by atoms with Gasteiger partial charge in [-0.3, -0.25) is 0 Å². The Labute approximate surface area is 165 Å². The molecule has 0 amide bonds. The summed E-state index contributed by atoms with van der Waals surface area (Å²) < 4.78 is 10.2. The third-order valence-corrected chi connectivity index (χ3v) is 9.19. The van der Waals surface area contributed by atoms with Gasteiger partial charge in [0.15, 0.2) is 0 Å². The van der Waals surface area contributed by atoms with Crippen LogP contribution in [0, 0.1) is 0 Å². The molecule has 0 radical (unpaired) electrons. The smallest absolute Gasteiger partial charge is 0.338 e.